The highest BCUT2D eigenvalue weighted by Gasteiger charge is 2.33. The molecule has 1 aromatic heterocycles. The van der Waals surface area contributed by atoms with Crippen LogP contribution in [0.1, 0.15) is 46.6 Å². The van der Waals surface area contributed by atoms with Gasteiger partial charge in [-0.1, -0.05) is 18.2 Å². The minimum absolute atomic E-state index is 0.115. The van der Waals surface area contributed by atoms with Crippen LogP contribution in [0.5, 0.6) is 0 Å². The van der Waals surface area contributed by atoms with Gasteiger partial charge in [-0.2, -0.15) is 13.2 Å². The molecule has 1 atom stereocenters. The molecule has 0 radical (unpaired) electrons. The first-order chi connectivity index (χ1) is 12.8. The highest BCUT2D eigenvalue weighted by molar-refractivity contribution is 5.93. The number of aryl methyl sites for hydroxylation is 2. The largest absolute Gasteiger partial charge is 0.416 e. The van der Waals surface area contributed by atoms with Crippen LogP contribution in [0.4, 0.5) is 13.2 Å². The van der Waals surface area contributed by atoms with Crippen molar-refractivity contribution in [1.29, 1.82) is 0 Å². The summed E-state index contributed by atoms with van der Waals surface area (Å²) in [5.41, 5.74) is 0.203. The van der Waals surface area contributed by atoms with Crippen LogP contribution in [-0.2, 0) is 12.6 Å². The Bertz CT molecular complexity index is 790. The fourth-order valence-corrected chi connectivity index (χ4v) is 3.55. The zero-order valence-corrected chi connectivity index (χ0v) is 15.2. The van der Waals surface area contributed by atoms with Gasteiger partial charge in [-0.3, -0.25) is 4.79 Å². The van der Waals surface area contributed by atoms with Crippen molar-refractivity contribution in [1.82, 2.24) is 14.9 Å². The molecule has 1 amide bonds. The van der Waals surface area contributed by atoms with E-state index in [1.807, 2.05) is 0 Å². The maximum absolute atomic E-state index is 13.1. The van der Waals surface area contributed by atoms with Gasteiger partial charge in [0, 0.05) is 25.5 Å². The highest BCUT2D eigenvalue weighted by atomic mass is 19.4. The summed E-state index contributed by atoms with van der Waals surface area (Å²) in [6, 6.07) is 5.72. The van der Waals surface area contributed by atoms with Crippen LogP contribution in [-0.4, -0.2) is 33.9 Å². The van der Waals surface area contributed by atoms with E-state index in [1.165, 1.54) is 24.5 Å². The number of piperidine rings is 1. The molecule has 1 aliphatic heterocycles. The quantitative estimate of drug-likeness (QED) is 0.799. The molecule has 0 unspecified atom stereocenters. The van der Waals surface area contributed by atoms with E-state index in [0.29, 0.717) is 42.9 Å². The molecule has 0 aliphatic carbocycles. The molecule has 7 heteroatoms. The Balaban J connectivity index is 1.62. The molecule has 27 heavy (non-hydrogen) atoms. The summed E-state index contributed by atoms with van der Waals surface area (Å²) < 4.78 is 39.4. The zero-order valence-electron chi connectivity index (χ0n) is 15.2. The van der Waals surface area contributed by atoms with E-state index < -0.39 is 11.7 Å². The summed E-state index contributed by atoms with van der Waals surface area (Å²) in [6.07, 6.45) is 1.46. The van der Waals surface area contributed by atoms with Gasteiger partial charge in [0.05, 0.1) is 11.1 Å². The van der Waals surface area contributed by atoms with Gasteiger partial charge >= 0.3 is 6.18 Å². The molecular formula is C20H22F3N3O. The fraction of sp³-hybridized carbons (Fsp3) is 0.450. The standard InChI is InChI=1S/C20H22F3N3O/c1-14-24-11-17(12-25-14)19(27)26-10-4-5-15(13-26)8-9-16-6-2-3-7-18(16)20(21,22)23/h2-3,6-7,11-12,15H,4-5,8-10,13H2,1H3/t15-/m1/s1. The third-order valence-corrected chi connectivity index (χ3v) is 4.98. The van der Waals surface area contributed by atoms with E-state index in [9.17, 15) is 18.0 Å². The van der Waals surface area contributed by atoms with Crippen LogP contribution in [0.25, 0.3) is 0 Å². The number of hydrogen-bond acceptors (Lipinski definition) is 3. The number of carbonyl (C=O) groups is 1. The maximum atomic E-state index is 13.1. The van der Waals surface area contributed by atoms with E-state index in [-0.39, 0.29) is 11.8 Å². The molecule has 2 aromatic rings. The SMILES string of the molecule is Cc1ncc(C(=O)N2CCC[C@H](CCc3ccccc3C(F)(F)F)C2)cn1. The lowest BCUT2D eigenvalue weighted by atomic mass is 9.90. The number of nitrogens with zero attached hydrogens (tertiary/aromatic N) is 3. The predicted molar refractivity (Wildman–Crippen MR) is 95.2 cm³/mol. The molecule has 3 rings (SSSR count). The number of carbonyl (C=O) groups excluding carboxylic acids is 1. The van der Waals surface area contributed by atoms with Gasteiger partial charge in [-0.15, -0.1) is 0 Å². The lowest BCUT2D eigenvalue weighted by molar-refractivity contribution is -0.138. The summed E-state index contributed by atoms with van der Waals surface area (Å²) in [7, 11) is 0. The maximum Gasteiger partial charge on any atom is 0.416 e. The smallest absolute Gasteiger partial charge is 0.338 e. The first kappa shape index (κ1) is 19.3. The van der Waals surface area contributed by atoms with E-state index in [4.69, 9.17) is 0 Å². The minimum atomic E-state index is -4.34. The van der Waals surface area contributed by atoms with Crippen LogP contribution >= 0.6 is 0 Å². The van der Waals surface area contributed by atoms with Crippen molar-refractivity contribution in [3.63, 3.8) is 0 Å². The van der Waals surface area contributed by atoms with Crippen LogP contribution in [0, 0.1) is 12.8 Å². The van der Waals surface area contributed by atoms with Crippen molar-refractivity contribution in [2.45, 2.75) is 38.8 Å². The third kappa shape index (κ3) is 4.84. The topological polar surface area (TPSA) is 46.1 Å². The molecule has 0 bridgehead atoms. The van der Waals surface area contributed by atoms with Crippen molar-refractivity contribution < 1.29 is 18.0 Å². The van der Waals surface area contributed by atoms with Gasteiger partial charge in [0.25, 0.3) is 5.91 Å². The molecule has 4 nitrogen and oxygen atoms in total. The summed E-state index contributed by atoms with van der Waals surface area (Å²) in [4.78, 5) is 22.5. The first-order valence-corrected chi connectivity index (χ1v) is 9.07. The second-order valence-corrected chi connectivity index (χ2v) is 6.97. The van der Waals surface area contributed by atoms with Crippen molar-refractivity contribution in [3.05, 3.63) is 59.2 Å². The van der Waals surface area contributed by atoms with Gasteiger partial charge in [0.2, 0.25) is 0 Å². The van der Waals surface area contributed by atoms with E-state index in [1.54, 1.807) is 17.9 Å². The van der Waals surface area contributed by atoms with Crippen molar-refractivity contribution in [2.75, 3.05) is 13.1 Å². The Kier molecular flexibility index (Phi) is 5.77. The molecular weight excluding hydrogens is 355 g/mol. The Morgan fingerprint density at radius 2 is 1.93 bits per heavy atom. The molecule has 1 fully saturated rings. The van der Waals surface area contributed by atoms with E-state index in [0.717, 1.165) is 18.9 Å². The Hall–Kier alpha value is -2.44. The normalized spacial score (nSPS) is 17.8. The van der Waals surface area contributed by atoms with Crippen LogP contribution < -0.4 is 0 Å². The monoisotopic (exact) mass is 377 g/mol. The van der Waals surface area contributed by atoms with Crippen LogP contribution in [0.2, 0.25) is 0 Å². The molecule has 1 aliphatic rings. The molecule has 1 aromatic carbocycles. The van der Waals surface area contributed by atoms with Gasteiger partial charge in [-0.25, -0.2) is 9.97 Å². The van der Waals surface area contributed by atoms with Crippen LogP contribution in [0.3, 0.4) is 0 Å². The van der Waals surface area contributed by atoms with E-state index >= 15 is 0 Å². The molecule has 0 N–H and O–H groups in total. The van der Waals surface area contributed by atoms with Gasteiger partial charge < -0.3 is 4.90 Å². The Morgan fingerprint density at radius 3 is 2.63 bits per heavy atom. The van der Waals surface area contributed by atoms with Crippen molar-refractivity contribution in [2.24, 2.45) is 5.92 Å². The summed E-state index contributed by atoms with van der Waals surface area (Å²) in [5, 5.41) is 0. The van der Waals surface area contributed by atoms with Crippen LogP contribution in [0.15, 0.2) is 36.7 Å². The number of benzene rings is 1. The number of likely N-dealkylation sites (tertiary alicyclic amines) is 1. The van der Waals surface area contributed by atoms with Crippen molar-refractivity contribution >= 4 is 5.91 Å². The first-order valence-electron chi connectivity index (χ1n) is 9.07. The summed E-state index contributed by atoms with van der Waals surface area (Å²) in [6.45, 7) is 2.97. The average Bonchev–Trinajstić information content (AvgIpc) is 2.66. The Labute approximate surface area is 156 Å². The summed E-state index contributed by atoms with van der Waals surface area (Å²) >= 11 is 0. The zero-order chi connectivity index (χ0) is 19.4. The molecule has 0 saturated carbocycles. The molecule has 2 heterocycles. The molecule has 0 spiro atoms. The fourth-order valence-electron chi connectivity index (χ4n) is 3.55. The lowest BCUT2D eigenvalue weighted by Crippen LogP contribution is -2.40. The summed E-state index contributed by atoms with van der Waals surface area (Å²) in [5.74, 6) is 0.678. The van der Waals surface area contributed by atoms with Gasteiger partial charge in [-0.05, 0) is 50.2 Å². The van der Waals surface area contributed by atoms with Crippen molar-refractivity contribution in [3.8, 4) is 0 Å². The van der Waals surface area contributed by atoms with Gasteiger partial charge in [0.15, 0.2) is 0 Å². The number of alkyl halides is 3. The number of hydrogen-bond donors (Lipinski definition) is 0. The minimum Gasteiger partial charge on any atom is -0.338 e. The number of rotatable bonds is 4. The average molecular weight is 377 g/mol. The molecule has 1 saturated heterocycles. The number of amides is 1. The van der Waals surface area contributed by atoms with E-state index in [2.05, 4.69) is 9.97 Å². The second-order valence-electron chi connectivity index (χ2n) is 6.97. The Morgan fingerprint density at radius 1 is 1.22 bits per heavy atom. The number of halogens is 3. The van der Waals surface area contributed by atoms with Gasteiger partial charge in [0.1, 0.15) is 5.82 Å². The number of aromatic nitrogens is 2. The third-order valence-electron chi connectivity index (χ3n) is 4.98. The highest BCUT2D eigenvalue weighted by Crippen LogP contribution is 2.33. The predicted octanol–water partition coefficient (Wildman–Crippen LogP) is 4.29. The molecule has 144 valence electrons. The lowest BCUT2D eigenvalue weighted by Gasteiger charge is -2.33. The second kappa shape index (κ2) is 8.06.